The van der Waals surface area contributed by atoms with Gasteiger partial charge in [-0.25, -0.2) is 0 Å². The molecule has 1 N–H and O–H groups in total. The van der Waals surface area contributed by atoms with E-state index in [1.54, 1.807) is 16.2 Å². The summed E-state index contributed by atoms with van der Waals surface area (Å²) in [6.45, 7) is 2.52. The fourth-order valence-corrected chi connectivity index (χ4v) is 4.30. The Morgan fingerprint density at radius 2 is 1.89 bits per heavy atom. The van der Waals surface area contributed by atoms with E-state index in [9.17, 15) is 9.90 Å². The molecule has 4 heteroatoms. The maximum atomic E-state index is 13.0. The lowest BCUT2D eigenvalue weighted by Gasteiger charge is -2.25. The molecule has 0 unspecified atom stereocenters. The lowest BCUT2D eigenvalue weighted by atomic mass is 10.1. The number of carbonyl (C=O) groups excluding carboxylic acids is 1. The van der Waals surface area contributed by atoms with Crippen molar-refractivity contribution in [3.8, 4) is 5.75 Å². The molecule has 0 radical (unpaired) electrons. The van der Waals surface area contributed by atoms with Gasteiger partial charge in [-0.2, -0.15) is 0 Å². The van der Waals surface area contributed by atoms with Crippen LogP contribution in [0.2, 0.25) is 0 Å². The molecule has 0 aliphatic carbocycles. The normalized spacial score (nSPS) is 11.2. The number of phenolic OH excluding ortho intramolecular Hbond substituents is 1. The lowest BCUT2D eigenvalue weighted by Crippen LogP contribution is -2.30. The van der Waals surface area contributed by atoms with Crippen molar-refractivity contribution in [3.05, 3.63) is 71.6 Å². The topological polar surface area (TPSA) is 40.5 Å². The van der Waals surface area contributed by atoms with Crippen molar-refractivity contribution in [2.24, 2.45) is 0 Å². The molecule has 0 aliphatic heterocycles. The molecule has 0 saturated heterocycles. The highest BCUT2D eigenvalue weighted by Gasteiger charge is 2.20. The molecule has 0 bridgehead atoms. The smallest absolute Gasteiger partial charge is 0.227 e. The van der Waals surface area contributed by atoms with E-state index in [2.05, 4.69) is 36.6 Å². The zero-order chi connectivity index (χ0) is 19.5. The summed E-state index contributed by atoms with van der Waals surface area (Å²) in [6.07, 6.45) is 2.28. The fraction of sp³-hybridized carbons (Fsp3) is 0.208. The minimum Gasteiger partial charge on any atom is -0.505 e. The van der Waals surface area contributed by atoms with Crippen LogP contribution >= 0.6 is 11.3 Å². The summed E-state index contributed by atoms with van der Waals surface area (Å²) in [5.74, 6) is 0.206. The molecular weight excluding hydrogens is 366 g/mol. The van der Waals surface area contributed by atoms with Gasteiger partial charge in [-0.15, -0.1) is 11.3 Å². The molecule has 0 atom stereocenters. The van der Waals surface area contributed by atoms with Crippen molar-refractivity contribution >= 4 is 43.8 Å². The molecule has 1 amide bonds. The van der Waals surface area contributed by atoms with Gasteiger partial charge in [-0.1, -0.05) is 49.7 Å². The number of fused-ring (bicyclic) bond motifs is 2. The van der Waals surface area contributed by atoms with Gasteiger partial charge < -0.3 is 10.0 Å². The van der Waals surface area contributed by atoms with Crippen molar-refractivity contribution in [1.29, 1.82) is 0 Å². The van der Waals surface area contributed by atoms with Crippen LogP contribution in [0.3, 0.4) is 0 Å². The largest absolute Gasteiger partial charge is 0.505 e. The van der Waals surface area contributed by atoms with Gasteiger partial charge >= 0.3 is 0 Å². The highest BCUT2D eigenvalue weighted by atomic mass is 32.1. The van der Waals surface area contributed by atoms with Crippen molar-refractivity contribution in [2.75, 3.05) is 4.90 Å². The van der Waals surface area contributed by atoms with Crippen molar-refractivity contribution in [1.82, 2.24) is 0 Å². The summed E-state index contributed by atoms with van der Waals surface area (Å²) >= 11 is 1.71. The average Bonchev–Trinajstić information content (AvgIpc) is 3.19. The molecular formula is C24H23NO2S. The number of benzene rings is 3. The molecule has 1 heterocycles. The van der Waals surface area contributed by atoms with Gasteiger partial charge in [0.1, 0.15) is 5.75 Å². The molecule has 1 aromatic heterocycles. The van der Waals surface area contributed by atoms with Crippen LogP contribution in [0, 0.1) is 0 Å². The molecule has 142 valence electrons. The van der Waals surface area contributed by atoms with Crippen molar-refractivity contribution < 1.29 is 9.90 Å². The van der Waals surface area contributed by atoms with Gasteiger partial charge in [0, 0.05) is 16.5 Å². The lowest BCUT2D eigenvalue weighted by molar-refractivity contribution is -0.118. The van der Waals surface area contributed by atoms with Crippen molar-refractivity contribution in [2.45, 2.75) is 32.7 Å². The van der Waals surface area contributed by atoms with Crippen LogP contribution < -0.4 is 4.90 Å². The molecule has 0 spiro atoms. The van der Waals surface area contributed by atoms with Gasteiger partial charge in [0.2, 0.25) is 5.91 Å². The first-order valence-electron chi connectivity index (χ1n) is 9.64. The number of thiophene rings is 1. The van der Waals surface area contributed by atoms with Crippen LogP contribution in [0.5, 0.6) is 5.75 Å². The van der Waals surface area contributed by atoms with Crippen LogP contribution in [-0.2, 0) is 11.3 Å². The Kier molecular flexibility index (Phi) is 5.31. The average molecular weight is 390 g/mol. The first-order valence-corrected chi connectivity index (χ1v) is 10.5. The first-order chi connectivity index (χ1) is 13.7. The Bertz CT molecular complexity index is 1130. The highest BCUT2D eigenvalue weighted by Crippen LogP contribution is 2.36. The van der Waals surface area contributed by atoms with E-state index in [1.807, 2.05) is 36.4 Å². The standard InChI is InChI=1S/C24H23NO2S/c1-2-3-8-23(26)25(16-17-9-12-22-19(15-17)13-14-28-22)21-11-10-18-6-4-5-7-20(18)24(21)27/h4-7,9-15,27H,2-3,8,16H2,1H3. The summed E-state index contributed by atoms with van der Waals surface area (Å²) in [5, 5.41) is 15.9. The molecule has 3 nitrogen and oxygen atoms in total. The number of carbonyl (C=O) groups is 1. The summed E-state index contributed by atoms with van der Waals surface area (Å²) in [5.41, 5.74) is 1.63. The zero-order valence-corrected chi connectivity index (χ0v) is 16.7. The third kappa shape index (κ3) is 3.60. The molecule has 0 fully saturated rings. The second-order valence-electron chi connectivity index (χ2n) is 7.03. The molecule has 4 aromatic rings. The number of unbranched alkanes of at least 4 members (excludes halogenated alkanes) is 1. The number of aromatic hydroxyl groups is 1. The third-order valence-corrected chi connectivity index (χ3v) is 5.97. The van der Waals surface area contributed by atoms with Gasteiger partial charge in [-0.05, 0) is 52.4 Å². The number of amides is 1. The summed E-state index contributed by atoms with van der Waals surface area (Å²) in [7, 11) is 0. The second-order valence-corrected chi connectivity index (χ2v) is 7.98. The minimum absolute atomic E-state index is 0.0397. The molecule has 0 saturated carbocycles. The summed E-state index contributed by atoms with van der Waals surface area (Å²) < 4.78 is 1.24. The number of anilines is 1. The van der Waals surface area contributed by atoms with Crippen LogP contribution in [0.15, 0.2) is 66.0 Å². The number of hydrogen-bond donors (Lipinski definition) is 1. The number of nitrogens with zero attached hydrogens (tertiary/aromatic N) is 1. The summed E-state index contributed by atoms with van der Waals surface area (Å²) in [6, 6.07) is 19.9. The van der Waals surface area contributed by atoms with E-state index in [-0.39, 0.29) is 11.7 Å². The Hall–Kier alpha value is -2.85. The van der Waals surface area contributed by atoms with Gasteiger partial charge in [-0.3, -0.25) is 4.79 Å². The Balaban J connectivity index is 1.74. The molecule has 3 aromatic carbocycles. The highest BCUT2D eigenvalue weighted by molar-refractivity contribution is 7.17. The van der Waals surface area contributed by atoms with E-state index in [1.165, 1.54) is 10.1 Å². The van der Waals surface area contributed by atoms with Crippen molar-refractivity contribution in [3.63, 3.8) is 0 Å². The first kappa shape index (κ1) is 18.5. The monoisotopic (exact) mass is 389 g/mol. The third-order valence-electron chi connectivity index (χ3n) is 5.07. The molecule has 4 rings (SSSR count). The number of hydrogen-bond acceptors (Lipinski definition) is 3. The fourth-order valence-electron chi connectivity index (χ4n) is 3.53. The van der Waals surface area contributed by atoms with E-state index in [0.29, 0.717) is 18.7 Å². The van der Waals surface area contributed by atoms with Crippen LogP contribution in [-0.4, -0.2) is 11.0 Å². The van der Waals surface area contributed by atoms with E-state index in [4.69, 9.17) is 0 Å². The second kappa shape index (κ2) is 8.03. The van der Waals surface area contributed by atoms with Crippen LogP contribution in [0.1, 0.15) is 31.7 Å². The molecule has 28 heavy (non-hydrogen) atoms. The SMILES string of the molecule is CCCCC(=O)N(Cc1ccc2sccc2c1)c1ccc2ccccc2c1O. The Labute approximate surface area is 168 Å². The predicted octanol–water partition coefficient (Wildman–Crippen LogP) is 6.48. The van der Waals surface area contributed by atoms with Gasteiger partial charge in [0.05, 0.1) is 12.2 Å². The number of phenols is 1. The van der Waals surface area contributed by atoms with Crippen LogP contribution in [0.25, 0.3) is 20.9 Å². The predicted molar refractivity (Wildman–Crippen MR) is 118 cm³/mol. The quantitative estimate of drug-likeness (QED) is 0.410. The van der Waals surface area contributed by atoms with E-state index >= 15 is 0 Å². The molecule has 0 aliphatic rings. The van der Waals surface area contributed by atoms with Gasteiger partial charge in [0.15, 0.2) is 0 Å². The van der Waals surface area contributed by atoms with Gasteiger partial charge in [0.25, 0.3) is 0 Å². The maximum Gasteiger partial charge on any atom is 0.227 e. The maximum absolute atomic E-state index is 13.0. The Morgan fingerprint density at radius 3 is 2.75 bits per heavy atom. The van der Waals surface area contributed by atoms with Crippen LogP contribution in [0.4, 0.5) is 5.69 Å². The van der Waals surface area contributed by atoms with E-state index < -0.39 is 0 Å². The number of rotatable bonds is 6. The zero-order valence-electron chi connectivity index (χ0n) is 15.9. The minimum atomic E-state index is 0.0397. The Morgan fingerprint density at radius 1 is 1.04 bits per heavy atom. The summed E-state index contributed by atoms with van der Waals surface area (Å²) in [4.78, 5) is 14.8. The van der Waals surface area contributed by atoms with E-state index in [0.717, 1.165) is 29.2 Å².